The number of amides is 2. The summed E-state index contributed by atoms with van der Waals surface area (Å²) < 4.78 is 5.50. The van der Waals surface area contributed by atoms with Crippen LogP contribution in [0.3, 0.4) is 0 Å². The van der Waals surface area contributed by atoms with E-state index in [1.807, 2.05) is 12.2 Å². The number of nitrogens with zero attached hydrogens (tertiary/aromatic N) is 1. The van der Waals surface area contributed by atoms with Gasteiger partial charge in [-0.15, -0.1) is 0 Å². The maximum Gasteiger partial charge on any atom is 0.260 e. The zero-order valence-electron chi connectivity index (χ0n) is 9.71. The van der Waals surface area contributed by atoms with E-state index < -0.39 is 11.8 Å². The van der Waals surface area contributed by atoms with Crippen molar-refractivity contribution in [3.8, 4) is 0 Å². The molecular weight excluding hydrogens is 258 g/mol. The Bertz CT molecular complexity index is 439. The van der Waals surface area contributed by atoms with E-state index in [4.69, 9.17) is 21.2 Å². The zero-order chi connectivity index (χ0) is 12.9. The fraction of sp³-hybridized carbons (Fsp3) is 0.500. The summed E-state index contributed by atoms with van der Waals surface area (Å²) in [5, 5.41) is 1.42. The van der Waals surface area contributed by atoms with Crippen LogP contribution in [0.5, 0.6) is 0 Å². The first-order chi connectivity index (χ1) is 8.59. The van der Waals surface area contributed by atoms with E-state index in [9.17, 15) is 9.59 Å². The highest BCUT2D eigenvalue weighted by Crippen LogP contribution is 2.45. The number of hydrogen-bond donors (Lipinski definition) is 0. The summed E-state index contributed by atoms with van der Waals surface area (Å²) >= 11 is 5.65. The second kappa shape index (κ2) is 4.19. The van der Waals surface area contributed by atoms with Crippen molar-refractivity contribution < 1.29 is 19.2 Å². The van der Waals surface area contributed by atoms with E-state index in [-0.39, 0.29) is 30.6 Å². The van der Waals surface area contributed by atoms with Gasteiger partial charge in [-0.05, 0) is 13.0 Å². The van der Waals surface area contributed by atoms with Crippen molar-refractivity contribution in [3.63, 3.8) is 0 Å². The quantitative estimate of drug-likeness (QED) is 0.567. The maximum atomic E-state index is 12.1. The number of hydrogen-bond acceptors (Lipinski definition) is 4. The highest BCUT2D eigenvalue weighted by molar-refractivity contribution is 6.29. The molecule has 4 atom stereocenters. The van der Waals surface area contributed by atoms with Crippen molar-refractivity contribution in [1.82, 2.24) is 5.06 Å². The average molecular weight is 270 g/mol. The summed E-state index contributed by atoms with van der Waals surface area (Å²) in [5.74, 6) is -1.48. The molecule has 0 aromatic carbocycles. The standard InChI is InChI=1S/C12H12ClNO4/c1-6(13)4-5-17-14-11(15)9-7-2-3-8(18-7)10(9)12(14)16/h2-4,7-10H,5H2,1H3. The van der Waals surface area contributed by atoms with Crippen LogP contribution in [0.2, 0.25) is 0 Å². The van der Waals surface area contributed by atoms with E-state index >= 15 is 0 Å². The summed E-state index contributed by atoms with van der Waals surface area (Å²) in [7, 11) is 0. The Kier molecular flexibility index (Phi) is 2.77. The van der Waals surface area contributed by atoms with Gasteiger partial charge >= 0.3 is 0 Å². The van der Waals surface area contributed by atoms with Gasteiger partial charge in [-0.1, -0.05) is 23.8 Å². The van der Waals surface area contributed by atoms with Crippen LogP contribution in [0.1, 0.15) is 6.92 Å². The van der Waals surface area contributed by atoms with Crippen LogP contribution in [0.25, 0.3) is 0 Å². The molecule has 0 radical (unpaired) electrons. The van der Waals surface area contributed by atoms with Gasteiger partial charge in [0.15, 0.2) is 0 Å². The molecule has 2 saturated heterocycles. The van der Waals surface area contributed by atoms with Crippen molar-refractivity contribution in [2.75, 3.05) is 6.61 Å². The first kappa shape index (κ1) is 11.9. The van der Waals surface area contributed by atoms with Crippen LogP contribution in [0.15, 0.2) is 23.3 Å². The van der Waals surface area contributed by atoms with Crippen LogP contribution in [0.4, 0.5) is 0 Å². The van der Waals surface area contributed by atoms with Gasteiger partial charge in [-0.2, -0.15) is 5.06 Å². The van der Waals surface area contributed by atoms with Crippen molar-refractivity contribution in [2.24, 2.45) is 11.8 Å². The molecule has 96 valence electrons. The summed E-state index contributed by atoms with van der Waals surface area (Å²) in [4.78, 5) is 29.3. The number of rotatable bonds is 3. The molecule has 0 saturated carbocycles. The topological polar surface area (TPSA) is 55.8 Å². The highest BCUT2D eigenvalue weighted by Gasteiger charge is 2.61. The largest absolute Gasteiger partial charge is 0.365 e. The van der Waals surface area contributed by atoms with Gasteiger partial charge in [-0.25, -0.2) is 0 Å². The minimum absolute atomic E-state index is 0.107. The number of fused-ring (bicyclic) bond motifs is 5. The van der Waals surface area contributed by atoms with Crippen molar-refractivity contribution in [1.29, 1.82) is 0 Å². The molecule has 2 fully saturated rings. The molecule has 0 aromatic rings. The molecule has 3 aliphatic rings. The Hall–Kier alpha value is -1.17. The SMILES string of the molecule is CC(Cl)=CCON1C(=O)C2C3C=CC(O3)C2C1=O. The first-order valence-corrected chi connectivity index (χ1v) is 6.14. The Morgan fingerprint density at radius 2 is 1.94 bits per heavy atom. The lowest BCUT2D eigenvalue weighted by atomic mass is 9.85. The summed E-state index contributed by atoms with van der Waals surface area (Å²) in [6.45, 7) is 1.81. The van der Waals surface area contributed by atoms with E-state index in [0.717, 1.165) is 5.06 Å². The minimum Gasteiger partial charge on any atom is -0.365 e. The normalized spacial score (nSPS) is 37.9. The second-order valence-electron chi connectivity index (χ2n) is 4.56. The third-order valence-corrected chi connectivity index (χ3v) is 3.59. The molecule has 18 heavy (non-hydrogen) atoms. The van der Waals surface area contributed by atoms with Gasteiger partial charge in [0.25, 0.3) is 11.8 Å². The molecule has 2 bridgehead atoms. The van der Waals surface area contributed by atoms with E-state index in [1.54, 1.807) is 13.0 Å². The van der Waals surface area contributed by atoms with Crippen molar-refractivity contribution in [2.45, 2.75) is 19.1 Å². The van der Waals surface area contributed by atoms with E-state index in [2.05, 4.69) is 0 Å². The van der Waals surface area contributed by atoms with Crippen LogP contribution in [0, 0.1) is 11.8 Å². The molecular formula is C12H12ClNO4. The number of imide groups is 1. The summed E-state index contributed by atoms with van der Waals surface area (Å²) in [5.41, 5.74) is 0. The first-order valence-electron chi connectivity index (χ1n) is 5.76. The number of hydroxylamine groups is 2. The van der Waals surface area contributed by atoms with E-state index in [1.165, 1.54) is 0 Å². The molecule has 0 spiro atoms. The molecule has 3 aliphatic heterocycles. The fourth-order valence-electron chi connectivity index (χ4n) is 2.63. The predicted octanol–water partition coefficient (Wildman–Crippen LogP) is 0.999. The monoisotopic (exact) mass is 269 g/mol. The molecule has 0 N–H and O–H groups in total. The Morgan fingerprint density at radius 3 is 2.44 bits per heavy atom. The molecule has 0 aliphatic carbocycles. The predicted molar refractivity (Wildman–Crippen MR) is 62.2 cm³/mol. The van der Waals surface area contributed by atoms with Crippen LogP contribution in [-0.2, 0) is 19.2 Å². The van der Waals surface area contributed by atoms with Crippen LogP contribution in [-0.4, -0.2) is 35.7 Å². The fourth-order valence-corrected chi connectivity index (χ4v) is 2.69. The van der Waals surface area contributed by atoms with Gasteiger partial charge < -0.3 is 4.74 Å². The number of carbonyl (C=O) groups is 2. The van der Waals surface area contributed by atoms with Crippen LogP contribution >= 0.6 is 11.6 Å². The van der Waals surface area contributed by atoms with Gasteiger partial charge in [0.1, 0.15) is 0 Å². The van der Waals surface area contributed by atoms with Crippen molar-refractivity contribution >= 4 is 23.4 Å². The summed E-state index contributed by atoms with van der Waals surface area (Å²) in [6.07, 6.45) is 4.71. The minimum atomic E-state index is -0.423. The lowest BCUT2D eigenvalue weighted by molar-refractivity contribution is -0.188. The molecule has 3 heterocycles. The lowest BCUT2D eigenvalue weighted by Crippen LogP contribution is -2.34. The maximum absolute atomic E-state index is 12.1. The molecule has 2 amide bonds. The smallest absolute Gasteiger partial charge is 0.260 e. The number of allylic oxidation sites excluding steroid dienone is 1. The van der Waals surface area contributed by atoms with Gasteiger partial charge in [0.05, 0.1) is 30.7 Å². The Labute approximate surface area is 109 Å². The van der Waals surface area contributed by atoms with Gasteiger partial charge in [-0.3, -0.25) is 14.4 Å². The Balaban J connectivity index is 1.74. The molecule has 3 rings (SSSR count). The molecule has 0 aromatic heterocycles. The molecule has 5 nitrogen and oxygen atoms in total. The van der Waals surface area contributed by atoms with Gasteiger partial charge in [0.2, 0.25) is 0 Å². The highest BCUT2D eigenvalue weighted by atomic mass is 35.5. The van der Waals surface area contributed by atoms with Crippen molar-refractivity contribution in [3.05, 3.63) is 23.3 Å². The molecule has 4 unspecified atom stereocenters. The Morgan fingerprint density at radius 1 is 1.39 bits per heavy atom. The zero-order valence-corrected chi connectivity index (χ0v) is 10.5. The van der Waals surface area contributed by atoms with Crippen LogP contribution < -0.4 is 0 Å². The number of carbonyl (C=O) groups excluding carboxylic acids is 2. The third kappa shape index (κ3) is 1.62. The molecule has 6 heteroatoms. The number of ether oxygens (including phenoxy) is 1. The lowest BCUT2D eigenvalue weighted by Gasteiger charge is -2.15. The summed E-state index contributed by atoms with van der Waals surface area (Å²) in [6, 6.07) is 0. The number of halogens is 1. The second-order valence-corrected chi connectivity index (χ2v) is 5.16. The third-order valence-electron chi connectivity index (χ3n) is 3.44. The van der Waals surface area contributed by atoms with E-state index in [0.29, 0.717) is 5.03 Å². The average Bonchev–Trinajstić information content (AvgIpc) is 2.97. The van der Waals surface area contributed by atoms with Gasteiger partial charge in [0, 0.05) is 5.03 Å².